The highest BCUT2D eigenvalue weighted by Gasteiger charge is 2.11. The standard InChI is InChI=1S/C17H14ClNO3/c1-21-14-6-7-16-15(9-14)11(10-22-16)8-17(20)19-13-4-2-12(18)3-5-13/h2-7,9-10H,8H2,1H3,(H,19,20). The number of nitrogens with one attached hydrogen (secondary N) is 1. The summed E-state index contributed by atoms with van der Waals surface area (Å²) in [5.74, 6) is 0.612. The van der Waals surface area contributed by atoms with Crippen molar-refractivity contribution < 1.29 is 13.9 Å². The maximum Gasteiger partial charge on any atom is 0.228 e. The summed E-state index contributed by atoms with van der Waals surface area (Å²) in [6, 6.07) is 12.5. The molecule has 4 nitrogen and oxygen atoms in total. The van der Waals surface area contributed by atoms with Crippen LogP contribution >= 0.6 is 11.6 Å². The number of hydrogen-bond acceptors (Lipinski definition) is 3. The smallest absolute Gasteiger partial charge is 0.228 e. The molecule has 3 rings (SSSR count). The van der Waals surface area contributed by atoms with E-state index in [1.807, 2.05) is 18.2 Å². The van der Waals surface area contributed by atoms with Crippen molar-refractivity contribution in [1.82, 2.24) is 0 Å². The van der Waals surface area contributed by atoms with E-state index in [4.69, 9.17) is 20.8 Å². The number of hydrogen-bond donors (Lipinski definition) is 1. The van der Waals surface area contributed by atoms with Gasteiger partial charge in [-0.25, -0.2) is 0 Å². The highest BCUT2D eigenvalue weighted by molar-refractivity contribution is 6.30. The molecule has 0 spiro atoms. The summed E-state index contributed by atoms with van der Waals surface area (Å²) >= 11 is 5.82. The molecule has 2 aromatic carbocycles. The van der Waals surface area contributed by atoms with Gasteiger partial charge in [-0.15, -0.1) is 0 Å². The number of benzene rings is 2. The lowest BCUT2D eigenvalue weighted by molar-refractivity contribution is -0.115. The van der Waals surface area contributed by atoms with Crippen LogP contribution in [0.5, 0.6) is 5.75 Å². The predicted octanol–water partition coefficient (Wildman–Crippen LogP) is 4.28. The van der Waals surface area contributed by atoms with Gasteiger partial charge in [0.2, 0.25) is 5.91 Å². The quantitative estimate of drug-likeness (QED) is 0.782. The zero-order chi connectivity index (χ0) is 15.5. The van der Waals surface area contributed by atoms with E-state index in [0.29, 0.717) is 10.7 Å². The second-order valence-corrected chi connectivity index (χ2v) is 5.29. The van der Waals surface area contributed by atoms with Crippen LogP contribution < -0.4 is 10.1 Å². The zero-order valence-electron chi connectivity index (χ0n) is 11.9. The molecule has 0 atom stereocenters. The molecule has 1 amide bonds. The molecule has 3 aromatic rings. The number of ether oxygens (including phenoxy) is 1. The van der Waals surface area contributed by atoms with Gasteiger partial charge >= 0.3 is 0 Å². The molecular formula is C17H14ClNO3. The monoisotopic (exact) mass is 315 g/mol. The molecule has 1 N–H and O–H groups in total. The molecule has 0 aliphatic rings. The summed E-state index contributed by atoms with van der Waals surface area (Å²) in [6.45, 7) is 0. The van der Waals surface area contributed by atoms with Crippen LogP contribution in [0, 0.1) is 0 Å². The number of fused-ring (bicyclic) bond motifs is 1. The third-order valence-corrected chi connectivity index (χ3v) is 3.59. The zero-order valence-corrected chi connectivity index (χ0v) is 12.7. The molecule has 0 aliphatic heterocycles. The van der Waals surface area contributed by atoms with Crippen molar-refractivity contribution in [2.24, 2.45) is 0 Å². The molecule has 0 radical (unpaired) electrons. The van der Waals surface area contributed by atoms with Crippen molar-refractivity contribution in [2.75, 3.05) is 12.4 Å². The molecule has 0 fully saturated rings. The maximum absolute atomic E-state index is 12.1. The number of furan rings is 1. The fourth-order valence-electron chi connectivity index (χ4n) is 2.24. The van der Waals surface area contributed by atoms with E-state index in [1.165, 1.54) is 0 Å². The van der Waals surface area contributed by atoms with Crippen LogP contribution in [0.3, 0.4) is 0 Å². The Hall–Kier alpha value is -2.46. The van der Waals surface area contributed by atoms with Crippen molar-refractivity contribution in [2.45, 2.75) is 6.42 Å². The van der Waals surface area contributed by atoms with E-state index in [2.05, 4.69) is 5.32 Å². The second kappa shape index (κ2) is 6.12. The van der Waals surface area contributed by atoms with Crippen molar-refractivity contribution in [3.05, 3.63) is 59.3 Å². The Morgan fingerprint density at radius 1 is 1.23 bits per heavy atom. The summed E-state index contributed by atoms with van der Waals surface area (Å²) < 4.78 is 10.7. The van der Waals surface area contributed by atoms with E-state index in [-0.39, 0.29) is 12.3 Å². The Labute approximate surface area is 132 Å². The molecule has 1 aromatic heterocycles. The fourth-order valence-corrected chi connectivity index (χ4v) is 2.36. The van der Waals surface area contributed by atoms with Crippen molar-refractivity contribution in [3.63, 3.8) is 0 Å². The van der Waals surface area contributed by atoms with Gasteiger partial charge in [0.1, 0.15) is 11.3 Å². The SMILES string of the molecule is COc1ccc2occ(CC(=O)Nc3ccc(Cl)cc3)c2c1. The highest BCUT2D eigenvalue weighted by Crippen LogP contribution is 2.26. The van der Waals surface area contributed by atoms with Crippen molar-refractivity contribution in [1.29, 1.82) is 0 Å². The Balaban J connectivity index is 1.77. The van der Waals surface area contributed by atoms with Gasteiger partial charge in [-0.1, -0.05) is 11.6 Å². The topological polar surface area (TPSA) is 51.5 Å². The van der Waals surface area contributed by atoms with Crippen molar-refractivity contribution in [3.8, 4) is 5.75 Å². The molecule has 22 heavy (non-hydrogen) atoms. The molecule has 0 saturated heterocycles. The van der Waals surface area contributed by atoms with Gasteiger partial charge in [-0.2, -0.15) is 0 Å². The number of methoxy groups -OCH3 is 1. The lowest BCUT2D eigenvalue weighted by atomic mass is 10.1. The Kier molecular flexibility index (Phi) is 4.02. The third kappa shape index (κ3) is 3.07. The number of carbonyl (C=O) groups excluding carboxylic acids is 1. The van der Waals surface area contributed by atoms with E-state index < -0.39 is 0 Å². The average molecular weight is 316 g/mol. The number of rotatable bonds is 4. The van der Waals surface area contributed by atoms with Crippen LogP contribution in [0.1, 0.15) is 5.56 Å². The average Bonchev–Trinajstić information content (AvgIpc) is 2.91. The summed E-state index contributed by atoms with van der Waals surface area (Å²) in [6.07, 6.45) is 1.83. The van der Waals surface area contributed by atoms with E-state index in [9.17, 15) is 4.79 Å². The van der Waals surface area contributed by atoms with Gasteiger partial charge in [0, 0.05) is 21.7 Å². The van der Waals surface area contributed by atoms with Gasteiger partial charge in [0.25, 0.3) is 0 Å². The van der Waals surface area contributed by atoms with Crippen LogP contribution in [0.15, 0.2) is 53.1 Å². The van der Waals surface area contributed by atoms with Gasteiger partial charge in [0.15, 0.2) is 0 Å². The summed E-state index contributed by atoms with van der Waals surface area (Å²) in [5, 5.41) is 4.34. The van der Waals surface area contributed by atoms with Gasteiger partial charge < -0.3 is 14.5 Å². The van der Waals surface area contributed by atoms with Gasteiger partial charge in [-0.05, 0) is 42.5 Å². The van der Waals surface area contributed by atoms with Crippen LogP contribution in [0.25, 0.3) is 11.0 Å². The van der Waals surface area contributed by atoms with Crippen LogP contribution in [-0.2, 0) is 11.2 Å². The lowest BCUT2D eigenvalue weighted by Crippen LogP contribution is -2.14. The van der Waals surface area contributed by atoms with E-state index >= 15 is 0 Å². The minimum Gasteiger partial charge on any atom is -0.497 e. The van der Waals surface area contributed by atoms with Crippen LogP contribution in [0.4, 0.5) is 5.69 Å². The van der Waals surface area contributed by atoms with Crippen LogP contribution in [-0.4, -0.2) is 13.0 Å². The molecule has 0 unspecified atom stereocenters. The molecule has 0 aliphatic carbocycles. The lowest BCUT2D eigenvalue weighted by Gasteiger charge is -2.05. The molecule has 112 valence electrons. The molecule has 0 saturated carbocycles. The minimum atomic E-state index is -0.118. The van der Waals surface area contributed by atoms with Crippen LogP contribution in [0.2, 0.25) is 5.02 Å². The number of halogens is 1. The third-order valence-electron chi connectivity index (χ3n) is 3.34. The van der Waals surface area contributed by atoms with Gasteiger partial charge in [-0.3, -0.25) is 4.79 Å². The first-order valence-electron chi connectivity index (χ1n) is 6.75. The Morgan fingerprint density at radius 3 is 2.73 bits per heavy atom. The fraction of sp³-hybridized carbons (Fsp3) is 0.118. The highest BCUT2D eigenvalue weighted by atomic mass is 35.5. The molecular weight excluding hydrogens is 302 g/mol. The van der Waals surface area contributed by atoms with E-state index in [1.54, 1.807) is 37.6 Å². The first-order valence-corrected chi connectivity index (χ1v) is 7.13. The van der Waals surface area contributed by atoms with Gasteiger partial charge in [0.05, 0.1) is 19.8 Å². The van der Waals surface area contributed by atoms with E-state index in [0.717, 1.165) is 22.3 Å². The first kappa shape index (κ1) is 14.5. The predicted molar refractivity (Wildman–Crippen MR) is 86.6 cm³/mol. The number of amides is 1. The minimum absolute atomic E-state index is 0.118. The maximum atomic E-state index is 12.1. The number of carbonyl (C=O) groups is 1. The molecule has 0 bridgehead atoms. The second-order valence-electron chi connectivity index (χ2n) is 4.85. The molecule has 5 heteroatoms. The Morgan fingerprint density at radius 2 is 2.00 bits per heavy atom. The number of anilines is 1. The normalized spacial score (nSPS) is 10.6. The molecule has 1 heterocycles. The summed E-state index contributed by atoms with van der Waals surface area (Å²) in [4.78, 5) is 12.1. The summed E-state index contributed by atoms with van der Waals surface area (Å²) in [7, 11) is 1.61. The summed E-state index contributed by atoms with van der Waals surface area (Å²) in [5.41, 5.74) is 2.26. The largest absolute Gasteiger partial charge is 0.497 e. The first-order chi connectivity index (χ1) is 10.7. The van der Waals surface area contributed by atoms with Crippen molar-refractivity contribution >= 4 is 34.2 Å². The Bertz CT molecular complexity index is 808.